The van der Waals surface area contributed by atoms with Gasteiger partial charge in [-0.15, -0.1) is 0 Å². The molecule has 1 saturated carbocycles. The van der Waals surface area contributed by atoms with E-state index in [1.54, 1.807) is 6.07 Å². The van der Waals surface area contributed by atoms with E-state index in [0.29, 0.717) is 29.9 Å². The Kier molecular flexibility index (Phi) is 2.46. The normalized spacial score (nSPS) is 34.2. The summed E-state index contributed by atoms with van der Waals surface area (Å²) in [6.07, 6.45) is -0.749. The molecule has 1 aromatic carbocycles. The van der Waals surface area contributed by atoms with Gasteiger partial charge in [-0.1, -0.05) is 0 Å². The summed E-state index contributed by atoms with van der Waals surface area (Å²) in [5.74, 6) is 1.05. The van der Waals surface area contributed by atoms with Crippen LogP contribution in [0.4, 0.5) is 0 Å². The molecular formula is C14H15NO5. The van der Waals surface area contributed by atoms with Gasteiger partial charge in [0.25, 0.3) is 5.91 Å². The molecule has 4 atom stereocenters. The molecule has 1 aromatic rings. The number of hydrogen-bond acceptors (Lipinski definition) is 5. The first-order valence-corrected chi connectivity index (χ1v) is 6.74. The molecule has 4 rings (SSSR count). The number of nitrogens with one attached hydrogen (secondary N) is 1. The van der Waals surface area contributed by atoms with E-state index in [0.717, 1.165) is 5.56 Å². The first-order valence-electron chi connectivity index (χ1n) is 6.74. The van der Waals surface area contributed by atoms with Crippen molar-refractivity contribution in [3.8, 4) is 11.5 Å². The first kappa shape index (κ1) is 12.0. The Hall–Kier alpha value is -1.79. The number of carbonyl (C=O) groups excluding carboxylic acids is 1. The van der Waals surface area contributed by atoms with Gasteiger partial charge in [0.05, 0.1) is 12.2 Å². The van der Waals surface area contributed by atoms with Crippen LogP contribution in [0.25, 0.3) is 0 Å². The quantitative estimate of drug-likeness (QED) is 0.627. The Balaban J connectivity index is 1.80. The van der Waals surface area contributed by atoms with Gasteiger partial charge >= 0.3 is 0 Å². The van der Waals surface area contributed by atoms with Crippen molar-refractivity contribution in [3.05, 3.63) is 23.3 Å². The van der Waals surface area contributed by atoms with Crippen molar-refractivity contribution in [1.82, 2.24) is 5.32 Å². The molecule has 6 nitrogen and oxygen atoms in total. The second kappa shape index (κ2) is 4.10. The minimum atomic E-state index is -0.785. The fraction of sp³-hybridized carbons (Fsp3) is 0.500. The van der Waals surface area contributed by atoms with Crippen LogP contribution in [0.15, 0.2) is 12.1 Å². The molecule has 6 heteroatoms. The maximum atomic E-state index is 12.2. The van der Waals surface area contributed by atoms with Crippen LogP contribution in [0.3, 0.4) is 0 Å². The average Bonchev–Trinajstić information content (AvgIpc) is 2.87. The summed E-state index contributed by atoms with van der Waals surface area (Å²) in [7, 11) is 0. The molecule has 2 heterocycles. The van der Waals surface area contributed by atoms with Gasteiger partial charge in [-0.25, -0.2) is 0 Å². The number of rotatable bonds is 0. The van der Waals surface area contributed by atoms with Crippen molar-refractivity contribution >= 4 is 5.91 Å². The fourth-order valence-corrected chi connectivity index (χ4v) is 3.37. The van der Waals surface area contributed by atoms with Gasteiger partial charge in [0.15, 0.2) is 11.5 Å². The third-order valence-electron chi connectivity index (χ3n) is 4.43. The highest BCUT2D eigenvalue weighted by atomic mass is 16.7. The van der Waals surface area contributed by atoms with Crippen molar-refractivity contribution in [2.24, 2.45) is 0 Å². The molecule has 0 radical (unpaired) electrons. The van der Waals surface area contributed by atoms with Gasteiger partial charge in [0.2, 0.25) is 6.79 Å². The zero-order chi connectivity index (χ0) is 13.9. The average molecular weight is 277 g/mol. The molecule has 106 valence electrons. The summed E-state index contributed by atoms with van der Waals surface area (Å²) in [5.41, 5.74) is 1.44. The Labute approximate surface area is 115 Å². The monoisotopic (exact) mass is 277 g/mol. The number of aliphatic hydroxyl groups excluding tert-OH is 2. The van der Waals surface area contributed by atoms with Crippen LogP contribution in [-0.2, 0) is 0 Å². The van der Waals surface area contributed by atoms with E-state index in [1.807, 2.05) is 6.07 Å². The summed E-state index contributed by atoms with van der Waals surface area (Å²) in [5, 5.41) is 22.6. The van der Waals surface area contributed by atoms with Crippen LogP contribution < -0.4 is 14.8 Å². The van der Waals surface area contributed by atoms with Crippen molar-refractivity contribution < 1.29 is 24.5 Å². The number of benzene rings is 1. The molecule has 2 aliphatic heterocycles. The molecule has 20 heavy (non-hydrogen) atoms. The van der Waals surface area contributed by atoms with Crippen LogP contribution >= 0.6 is 0 Å². The molecule has 0 saturated heterocycles. The van der Waals surface area contributed by atoms with Gasteiger partial charge in [-0.05, 0) is 30.5 Å². The van der Waals surface area contributed by atoms with Gasteiger partial charge in [-0.3, -0.25) is 4.79 Å². The van der Waals surface area contributed by atoms with Crippen LogP contribution in [0, 0.1) is 0 Å². The van der Waals surface area contributed by atoms with Crippen molar-refractivity contribution in [3.63, 3.8) is 0 Å². The van der Waals surface area contributed by atoms with Crippen LogP contribution in [0.1, 0.15) is 34.7 Å². The molecule has 0 bridgehead atoms. The summed E-state index contributed by atoms with van der Waals surface area (Å²) >= 11 is 0. The standard InChI is InChI=1S/C14H15NO5/c16-10-1-7-6-2-12-13(20-5-19-12)3-8(6)14(18)15-9(7)4-11(10)17/h2-3,7,9-11,16-17H,1,4-5H2,(H,15,18)/t7-,9+,10+,11-/m1/s1. The van der Waals surface area contributed by atoms with E-state index >= 15 is 0 Å². The van der Waals surface area contributed by atoms with Gasteiger partial charge in [-0.2, -0.15) is 0 Å². The highest BCUT2D eigenvalue weighted by Crippen LogP contribution is 2.43. The number of amides is 1. The molecule has 1 amide bonds. The molecule has 1 fully saturated rings. The van der Waals surface area contributed by atoms with E-state index in [4.69, 9.17) is 9.47 Å². The predicted molar refractivity (Wildman–Crippen MR) is 67.8 cm³/mol. The van der Waals surface area contributed by atoms with E-state index in [2.05, 4.69) is 5.32 Å². The minimum absolute atomic E-state index is 0.00407. The molecule has 0 aromatic heterocycles. The Bertz CT molecular complexity index is 587. The highest BCUT2D eigenvalue weighted by Gasteiger charge is 2.42. The maximum Gasteiger partial charge on any atom is 0.251 e. The first-order chi connectivity index (χ1) is 9.63. The fourth-order valence-electron chi connectivity index (χ4n) is 3.37. The zero-order valence-corrected chi connectivity index (χ0v) is 10.7. The summed E-state index contributed by atoms with van der Waals surface area (Å²) < 4.78 is 10.7. The van der Waals surface area contributed by atoms with E-state index < -0.39 is 12.2 Å². The summed E-state index contributed by atoms with van der Waals surface area (Å²) in [6, 6.07) is 3.38. The van der Waals surface area contributed by atoms with E-state index in [1.165, 1.54) is 0 Å². The Morgan fingerprint density at radius 1 is 1.10 bits per heavy atom. The van der Waals surface area contributed by atoms with Crippen molar-refractivity contribution in [1.29, 1.82) is 0 Å². The molecule has 1 aliphatic carbocycles. The lowest BCUT2D eigenvalue weighted by molar-refractivity contribution is -0.0259. The van der Waals surface area contributed by atoms with Crippen LogP contribution in [-0.4, -0.2) is 41.2 Å². The lowest BCUT2D eigenvalue weighted by Gasteiger charge is -2.41. The zero-order valence-electron chi connectivity index (χ0n) is 10.7. The molecule has 3 N–H and O–H groups in total. The number of fused-ring (bicyclic) bond motifs is 4. The Morgan fingerprint density at radius 3 is 2.60 bits per heavy atom. The van der Waals surface area contributed by atoms with Crippen molar-refractivity contribution in [2.45, 2.75) is 37.0 Å². The number of aliphatic hydroxyl groups is 2. The maximum absolute atomic E-state index is 12.2. The van der Waals surface area contributed by atoms with Crippen molar-refractivity contribution in [2.75, 3.05) is 6.79 Å². The van der Waals surface area contributed by atoms with E-state index in [-0.39, 0.29) is 24.7 Å². The topological polar surface area (TPSA) is 88.0 Å². The van der Waals surface area contributed by atoms with Gasteiger partial charge in [0, 0.05) is 17.5 Å². The molecule has 0 spiro atoms. The predicted octanol–water partition coefficient (Wildman–Crippen LogP) is 0.126. The second-order valence-electron chi connectivity index (χ2n) is 5.59. The highest BCUT2D eigenvalue weighted by molar-refractivity contribution is 5.98. The van der Waals surface area contributed by atoms with Crippen LogP contribution in [0.5, 0.6) is 11.5 Å². The number of ether oxygens (including phenoxy) is 2. The lowest BCUT2D eigenvalue weighted by Crippen LogP contribution is -2.52. The van der Waals surface area contributed by atoms with Gasteiger partial charge < -0.3 is 25.0 Å². The largest absolute Gasteiger partial charge is 0.454 e. The third-order valence-corrected chi connectivity index (χ3v) is 4.43. The molecular weight excluding hydrogens is 262 g/mol. The number of hydrogen-bond donors (Lipinski definition) is 3. The summed E-state index contributed by atoms with van der Waals surface area (Å²) in [4.78, 5) is 12.2. The summed E-state index contributed by atoms with van der Waals surface area (Å²) in [6.45, 7) is 0.162. The number of carbonyl (C=O) groups is 1. The SMILES string of the molecule is O=C1N[C@H]2C[C@@H](O)[C@@H](O)C[C@@H]2c2cc3c(cc21)OCO3. The lowest BCUT2D eigenvalue weighted by atomic mass is 9.73. The van der Waals surface area contributed by atoms with Crippen LogP contribution in [0.2, 0.25) is 0 Å². The minimum Gasteiger partial charge on any atom is -0.454 e. The molecule has 0 unspecified atom stereocenters. The molecule has 3 aliphatic rings. The second-order valence-corrected chi connectivity index (χ2v) is 5.59. The third kappa shape index (κ3) is 1.61. The smallest absolute Gasteiger partial charge is 0.251 e. The Morgan fingerprint density at radius 2 is 1.80 bits per heavy atom. The van der Waals surface area contributed by atoms with Gasteiger partial charge in [0.1, 0.15) is 0 Å². The van der Waals surface area contributed by atoms with E-state index in [9.17, 15) is 15.0 Å².